The van der Waals surface area contributed by atoms with E-state index in [0.29, 0.717) is 13.2 Å². The molecule has 1 radical (unpaired) electrons. The van der Waals surface area contributed by atoms with Crippen LogP contribution >= 0.6 is 8.25 Å². The van der Waals surface area contributed by atoms with Gasteiger partial charge in [0.1, 0.15) is 13.2 Å². The maximum Gasteiger partial charge on any atom is 3.00 e. The van der Waals surface area contributed by atoms with Gasteiger partial charge >= 0.3 is 49.1 Å². The van der Waals surface area contributed by atoms with Crippen molar-refractivity contribution in [3.05, 3.63) is 0 Å². The molecule has 0 heterocycles. The molecule has 5 heteroatoms. The van der Waals surface area contributed by atoms with Crippen LogP contribution in [-0.4, -0.2) is 13.2 Å². The average Bonchev–Trinajstić information content (AvgIpc) is 2.52. The van der Waals surface area contributed by atoms with Gasteiger partial charge in [0, 0.05) is 4.57 Å². The van der Waals surface area contributed by atoms with Gasteiger partial charge in [-0.15, -0.1) is 9.05 Å². The van der Waals surface area contributed by atoms with Gasteiger partial charge in [0.2, 0.25) is 0 Å². The second-order valence-corrected chi connectivity index (χ2v) is 7.10. The summed E-state index contributed by atoms with van der Waals surface area (Å²) in [6.45, 7) is 5.60. The van der Waals surface area contributed by atoms with E-state index in [1.807, 2.05) is 0 Å². The summed E-state index contributed by atoms with van der Waals surface area (Å²) in [7, 11) is -1.89. The topological polar surface area (TPSA) is 35.5 Å². The van der Waals surface area contributed by atoms with Gasteiger partial charge < -0.3 is 0 Å². The number of hydrogen-bond acceptors (Lipinski definition) is 3. The van der Waals surface area contributed by atoms with Crippen molar-refractivity contribution >= 4 is 8.25 Å². The third-order valence-electron chi connectivity index (χ3n) is 3.89. The van der Waals surface area contributed by atoms with Crippen LogP contribution in [0, 0.1) is 40.8 Å². The molecule has 0 aromatic heterocycles. The van der Waals surface area contributed by atoms with Gasteiger partial charge in [-0.25, -0.2) is 0 Å². The Hall–Kier alpha value is 1.37. The van der Waals surface area contributed by atoms with Crippen molar-refractivity contribution in [2.45, 2.75) is 104 Å². The minimum atomic E-state index is -1.89. The summed E-state index contributed by atoms with van der Waals surface area (Å²) in [5, 5.41) is 0. The first-order valence-corrected chi connectivity index (χ1v) is 10.6. The van der Waals surface area contributed by atoms with Crippen LogP contribution in [0.5, 0.6) is 0 Å². The van der Waals surface area contributed by atoms with E-state index in [-0.39, 0.29) is 40.8 Å². The van der Waals surface area contributed by atoms with E-state index in [9.17, 15) is 4.57 Å². The summed E-state index contributed by atoms with van der Waals surface area (Å²) < 4.78 is 21.9. The maximum absolute atomic E-state index is 11.5. The van der Waals surface area contributed by atoms with Gasteiger partial charge in [0.15, 0.2) is 0 Å². The maximum atomic E-state index is 11.5. The fraction of sp³-hybridized carbons (Fsp3) is 1.00. The SMILES string of the molecule is CCCCCCCCCO[P+](=O)OCCCCCCCCC.[Nd+3]. The Morgan fingerprint density at radius 3 is 1.22 bits per heavy atom. The van der Waals surface area contributed by atoms with Crippen molar-refractivity contribution in [2.24, 2.45) is 0 Å². The van der Waals surface area contributed by atoms with E-state index in [0.717, 1.165) is 12.8 Å². The predicted molar refractivity (Wildman–Crippen MR) is 95.5 cm³/mol. The summed E-state index contributed by atoms with van der Waals surface area (Å²) in [6.07, 6.45) is 17.4. The minimum absolute atomic E-state index is 0. The zero-order chi connectivity index (χ0) is 16.3. The van der Waals surface area contributed by atoms with Gasteiger partial charge in [0.25, 0.3) is 0 Å². The molecule has 0 atom stereocenters. The Morgan fingerprint density at radius 2 is 0.870 bits per heavy atom. The van der Waals surface area contributed by atoms with E-state index in [1.54, 1.807) is 0 Å². The van der Waals surface area contributed by atoms with Crippen LogP contribution in [0.15, 0.2) is 0 Å². The molecular weight excluding hydrogens is 439 g/mol. The van der Waals surface area contributed by atoms with Crippen molar-refractivity contribution in [2.75, 3.05) is 13.2 Å². The summed E-state index contributed by atoms with van der Waals surface area (Å²) in [5.41, 5.74) is 0. The van der Waals surface area contributed by atoms with Crippen molar-refractivity contribution < 1.29 is 54.5 Å². The van der Waals surface area contributed by atoms with E-state index >= 15 is 0 Å². The molecule has 23 heavy (non-hydrogen) atoms. The van der Waals surface area contributed by atoms with Crippen LogP contribution in [0.4, 0.5) is 0 Å². The third kappa shape index (κ3) is 23.4. The van der Waals surface area contributed by atoms with Crippen LogP contribution in [0.1, 0.15) is 104 Å². The van der Waals surface area contributed by atoms with Gasteiger partial charge in [-0.05, 0) is 12.8 Å². The van der Waals surface area contributed by atoms with Crippen LogP contribution < -0.4 is 0 Å². The Morgan fingerprint density at radius 1 is 0.565 bits per heavy atom. The third-order valence-corrected chi connectivity index (χ3v) is 4.68. The molecule has 0 rings (SSSR count). The second kappa shape index (κ2) is 23.4. The summed E-state index contributed by atoms with van der Waals surface area (Å²) in [4.78, 5) is 0. The number of hydrogen-bond donors (Lipinski definition) is 0. The number of unbranched alkanes of at least 4 members (excludes halogenated alkanes) is 12. The second-order valence-electron chi connectivity index (χ2n) is 6.13. The van der Waals surface area contributed by atoms with E-state index in [2.05, 4.69) is 13.8 Å². The largest absolute Gasteiger partial charge is 3.00 e. The van der Waals surface area contributed by atoms with Crippen molar-refractivity contribution in [3.63, 3.8) is 0 Å². The van der Waals surface area contributed by atoms with E-state index in [4.69, 9.17) is 9.05 Å². The smallest absolute Gasteiger partial charge is 0.119 e. The standard InChI is InChI=1S/C18H38O3P.Nd/c1-3-5-7-9-11-13-15-17-20-22(19)21-18-16-14-12-10-8-6-4-2;/h3-18H2,1-2H3;/q+1;+3. The van der Waals surface area contributed by atoms with Crippen LogP contribution in [0.2, 0.25) is 0 Å². The molecule has 133 valence electrons. The zero-order valence-electron chi connectivity index (χ0n) is 15.5. The molecule has 0 aliphatic rings. The molecule has 3 nitrogen and oxygen atoms in total. The summed E-state index contributed by atoms with van der Waals surface area (Å²) >= 11 is 0. The molecule has 0 unspecified atom stereocenters. The van der Waals surface area contributed by atoms with Gasteiger partial charge in [-0.2, -0.15) is 0 Å². The quantitative estimate of drug-likeness (QED) is 0.155. The molecule has 0 N–H and O–H groups in total. The molecule has 0 aliphatic heterocycles. The van der Waals surface area contributed by atoms with Crippen LogP contribution in [-0.2, 0) is 13.6 Å². The Kier molecular flexibility index (Phi) is 27.0. The van der Waals surface area contributed by atoms with Crippen molar-refractivity contribution in [1.29, 1.82) is 0 Å². The van der Waals surface area contributed by atoms with Crippen molar-refractivity contribution in [3.8, 4) is 0 Å². The Balaban J connectivity index is 0. The first kappa shape index (κ1) is 26.6. The normalized spacial score (nSPS) is 10.5. The fourth-order valence-electron chi connectivity index (χ4n) is 2.43. The zero-order valence-corrected chi connectivity index (χ0v) is 19.6. The van der Waals surface area contributed by atoms with E-state index < -0.39 is 8.25 Å². The van der Waals surface area contributed by atoms with Crippen LogP contribution in [0.25, 0.3) is 0 Å². The molecule has 0 spiro atoms. The minimum Gasteiger partial charge on any atom is -0.119 e. The molecule has 0 aliphatic carbocycles. The first-order valence-electron chi connectivity index (χ1n) is 9.54. The number of rotatable bonds is 18. The van der Waals surface area contributed by atoms with Gasteiger partial charge in [-0.1, -0.05) is 90.9 Å². The van der Waals surface area contributed by atoms with E-state index in [1.165, 1.54) is 77.0 Å². The molecule has 0 saturated carbocycles. The Labute approximate surface area is 178 Å². The molecule has 0 bridgehead atoms. The predicted octanol–water partition coefficient (Wildman–Crippen LogP) is 7.18. The van der Waals surface area contributed by atoms with Crippen molar-refractivity contribution in [1.82, 2.24) is 0 Å². The monoisotopic (exact) mass is 475 g/mol. The molecule has 0 aromatic rings. The fourth-order valence-corrected chi connectivity index (χ4v) is 3.06. The van der Waals surface area contributed by atoms with Crippen LogP contribution in [0.3, 0.4) is 0 Å². The van der Waals surface area contributed by atoms with Gasteiger partial charge in [-0.3, -0.25) is 0 Å². The molecule has 0 fully saturated rings. The molecule has 0 amide bonds. The molecule has 0 saturated heterocycles. The summed E-state index contributed by atoms with van der Waals surface area (Å²) in [5.74, 6) is 0. The molecule has 0 aromatic carbocycles. The summed E-state index contributed by atoms with van der Waals surface area (Å²) in [6, 6.07) is 0. The average molecular weight is 478 g/mol. The first-order chi connectivity index (χ1) is 10.8. The molecular formula is C18H38NdO3P+4. The van der Waals surface area contributed by atoms with Gasteiger partial charge in [0.05, 0.1) is 0 Å². The Bertz CT molecular complexity index is 218.